The summed E-state index contributed by atoms with van der Waals surface area (Å²) in [7, 11) is 0. The Morgan fingerprint density at radius 1 is 1.22 bits per heavy atom. The van der Waals surface area contributed by atoms with Gasteiger partial charge in [-0.1, -0.05) is 41.6 Å². The van der Waals surface area contributed by atoms with Crippen molar-refractivity contribution in [3.05, 3.63) is 70.9 Å². The van der Waals surface area contributed by atoms with E-state index in [1.807, 2.05) is 32.0 Å². The monoisotopic (exact) mass is 386 g/mol. The smallest absolute Gasteiger partial charge is 0.277 e. The summed E-state index contributed by atoms with van der Waals surface area (Å²) in [6.07, 6.45) is -0.613. The van der Waals surface area contributed by atoms with Crippen LogP contribution < -0.4 is 4.74 Å². The van der Waals surface area contributed by atoms with Crippen molar-refractivity contribution in [2.24, 2.45) is 0 Å². The molecule has 2 aromatic carbocycles. The molecule has 140 valence electrons. The van der Waals surface area contributed by atoms with Gasteiger partial charge in [-0.15, -0.1) is 10.2 Å². The average Bonchev–Trinajstić information content (AvgIpc) is 3.13. The Hall–Kier alpha value is -2.67. The van der Waals surface area contributed by atoms with E-state index in [0.717, 1.165) is 11.1 Å². The molecule has 0 unspecified atom stereocenters. The SMILES string of the molecule is Cc1ccc(C)c(C(=O)CSc2nnc([C@@H](C)Oc3ccccc3F)o2)c1. The molecule has 0 saturated heterocycles. The van der Waals surface area contributed by atoms with E-state index in [1.165, 1.54) is 23.9 Å². The molecule has 0 aliphatic carbocycles. The van der Waals surface area contributed by atoms with Crippen molar-refractivity contribution in [1.82, 2.24) is 10.2 Å². The quantitative estimate of drug-likeness (QED) is 0.423. The molecule has 0 amide bonds. The van der Waals surface area contributed by atoms with E-state index in [0.29, 0.717) is 5.56 Å². The van der Waals surface area contributed by atoms with Crippen molar-refractivity contribution in [2.45, 2.75) is 32.1 Å². The third kappa shape index (κ3) is 4.74. The minimum absolute atomic E-state index is 0.00314. The Kier molecular flexibility index (Phi) is 5.91. The molecule has 0 radical (unpaired) electrons. The first-order valence-corrected chi connectivity index (χ1v) is 9.40. The summed E-state index contributed by atoms with van der Waals surface area (Å²) >= 11 is 1.17. The topological polar surface area (TPSA) is 65.2 Å². The molecule has 0 saturated carbocycles. The number of hydrogen-bond acceptors (Lipinski definition) is 6. The Morgan fingerprint density at radius 2 is 2.00 bits per heavy atom. The normalized spacial score (nSPS) is 12.0. The molecule has 0 N–H and O–H groups in total. The molecular weight excluding hydrogens is 367 g/mol. The van der Waals surface area contributed by atoms with Crippen molar-refractivity contribution < 1.29 is 18.3 Å². The zero-order chi connectivity index (χ0) is 19.4. The lowest BCUT2D eigenvalue weighted by Gasteiger charge is -2.11. The first-order chi connectivity index (χ1) is 12.9. The summed E-state index contributed by atoms with van der Waals surface area (Å²) in [6.45, 7) is 5.55. The molecule has 0 aliphatic heterocycles. The third-order valence-electron chi connectivity index (χ3n) is 3.93. The lowest BCUT2D eigenvalue weighted by atomic mass is 10.0. The van der Waals surface area contributed by atoms with Crippen molar-refractivity contribution in [3.63, 3.8) is 0 Å². The number of carbonyl (C=O) groups is 1. The molecule has 0 aliphatic rings. The van der Waals surface area contributed by atoms with E-state index in [-0.39, 0.29) is 28.4 Å². The molecule has 3 rings (SSSR count). The fourth-order valence-corrected chi connectivity index (χ4v) is 3.12. The molecule has 1 atom stereocenters. The van der Waals surface area contributed by atoms with E-state index in [9.17, 15) is 9.18 Å². The number of ether oxygens (including phenoxy) is 1. The second-order valence-electron chi connectivity index (χ2n) is 6.13. The van der Waals surface area contributed by atoms with Gasteiger partial charge in [0.1, 0.15) is 0 Å². The van der Waals surface area contributed by atoms with Crippen LogP contribution in [0.4, 0.5) is 4.39 Å². The highest BCUT2D eigenvalue weighted by Gasteiger charge is 2.18. The van der Waals surface area contributed by atoms with E-state index in [2.05, 4.69) is 10.2 Å². The van der Waals surface area contributed by atoms with Gasteiger partial charge in [-0.2, -0.15) is 0 Å². The molecule has 3 aromatic rings. The van der Waals surface area contributed by atoms with Gasteiger partial charge in [0, 0.05) is 5.56 Å². The predicted octanol–water partition coefficient (Wildman–Crippen LogP) is 4.94. The number of Topliss-reactive ketones (excluding diaryl/α,β-unsaturated/α-hetero) is 1. The molecule has 0 fully saturated rings. The maximum absolute atomic E-state index is 13.7. The number of halogens is 1. The van der Waals surface area contributed by atoms with Gasteiger partial charge in [0.15, 0.2) is 23.5 Å². The number of nitrogens with zero attached hydrogens (tertiary/aromatic N) is 2. The number of rotatable bonds is 7. The summed E-state index contributed by atoms with van der Waals surface area (Å²) in [4.78, 5) is 12.4. The lowest BCUT2D eigenvalue weighted by Crippen LogP contribution is -2.05. The number of thioether (sulfide) groups is 1. The zero-order valence-corrected chi connectivity index (χ0v) is 16.0. The first kappa shape index (κ1) is 19.1. The Balaban J connectivity index is 1.61. The lowest BCUT2D eigenvalue weighted by molar-refractivity contribution is 0.102. The zero-order valence-electron chi connectivity index (χ0n) is 15.2. The summed E-state index contributed by atoms with van der Waals surface area (Å²) < 4.78 is 24.7. The highest BCUT2D eigenvalue weighted by Crippen LogP contribution is 2.26. The Bertz CT molecular complexity index is 958. The van der Waals surface area contributed by atoms with Crippen molar-refractivity contribution in [1.29, 1.82) is 0 Å². The van der Waals surface area contributed by atoms with Gasteiger partial charge in [0.05, 0.1) is 5.75 Å². The molecule has 0 bridgehead atoms. The molecule has 1 aromatic heterocycles. The van der Waals surface area contributed by atoms with Crippen LogP contribution in [-0.4, -0.2) is 21.7 Å². The highest BCUT2D eigenvalue weighted by atomic mass is 32.2. The number of aromatic nitrogens is 2. The average molecular weight is 386 g/mol. The van der Waals surface area contributed by atoms with Crippen LogP contribution in [0.3, 0.4) is 0 Å². The summed E-state index contributed by atoms with van der Waals surface area (Å²) in [5.41, 5.74) is 2.66. The van der Waals surface area contributed by atoms with E-state index >= 15 is 0 Å². The number of aryl methyl sites for hydroxylation is 2. The summed E-state index contributed by atoms with van der Waals surface area (Å²) in [6, 6.07) is 11.9. The maximum atomic E-state index is 13.7. The van der Waals surface area contributed by atoms with Crippen LogP contribution in [0.15, 0.2) is 52.1 Å². The minimum atomic E-state index is -0.613. The number of hydrogen-bond donors (Lipinski definition) is 0. The van der Waals surface area contributed by atoms with E-state index in [4.69, 9.17) is 9.15 Å². The number of carbonyl (C=O) groups excluding carboxylic acids is 1. The molecule has 7 heteroatoms. The maximum Gasteiger partial charge on any atom is 0.277 e. The van der Waals surface area contributed by atoms with Crippen molar-refractivity contribution >= 4 is 17.5 Å². The van der Waals surface area contributed by atoms with Crippen LogP contribution in [0.2, 0.25) is 0 Å². The van der Waals surface area contributed by atoms with Gasteiger partial charge in [-0.05, 0) is 44.5 Å². The third-order valence-corrected chi connectivity index (χ3v) is 4.75. The van der Waals surface area contributed by atoms with E-state index in [1.54, 1.807) is 19.1 Å². The minimum Gasteiger partial charge on any atom is -0.478 e. The van der Waals surface area contributed by atoms with Crippen molar-refractivity contribution in [3.8, 4) is 5.75 Å². The molecule has 27 heavy (non-hydrogen) atoms. The van der Waals surface area contributed by atoms with Crippen LogP contribution in [0, 0.1) is 19.7 Å². The van der Waals surface area contributed by atoms with Gasteiger partial charge >= 0.3 is 0 Å². The standard InChI is InChI=1S/C20H19FN2O3S/c1-12-8-9-13(2)15(10-12)17(24)11-27-20-23-22-19(26-20)14(3)25-18-7-5-4-6-16(18)21/h4-10,14H,11H2,1-3H3/t14-/m1/s1. The highest BCUT2D eigenvalue weighted by molar-refractivity contribution is 7.99. The van der Waals surface area contributed by atoms with Gasteiger partial charge in [-0.25, -0.2) is 4.39 Å². The van der Waals surface area contributed by atoms with Crippen LogP contribution in [-0.2, 0) is 0 Å². The number of ketones is 1. The number of para-hydroxylation sites is 1. The fraction of sp³-hybridized carbons (Fsp3) is 0.250. The van der Waals surface area contributed by atoms with Gasteiger partial charge in [0.25, 0.3) is 11.1 Å². The fourth-order valence-electron chi connectivity index (χ4n) is 2.47. The van der Waals surface area contributed by atoms with Gasteiger partial charge in [0.2, 0.25) is 0 Å². The van der Waals surface area contributed by atoms with Gasteiger partial charge in [-0.3, -0.25) is 4.79 Å². The van der Waals surface area contributed by atoms with E-state index < -0.39 is 11.9 Å². The second-order valence-corrected chi connectivity index (χ2v) is 7.05. The molecule has 5 nitrogen and oxygen atoms in total. The Morgan fingerprint density at radius 3 is 2.78 bits per heavy atom. The van der Waals surface area contributed by atoms with Crippen LogP contribution in [0.25, 0.3) is 0 Å². The Labute approximate surface area is 161 Å². The molecular formula is C20H19FN2O3S. The van der Waals surface area contributed by atoms with Crippen LogP contribution in [0.5, 0.6) is 5.75 Å². The van der Waals surface area contributed by atoms with Crippen LogP contribution >= 0.6 is 11.8 Å². The first-order valence-electron chi connectivity index (χ1n) is 8.42. The summed E-state index contributed by atoms with van der Waals surface area (Å²) in [5, 5.41) is 8.13. The van der Waals surface area contributed by atoms with Crippen LogP contribution in [0.1, 0.15) is 40.4 Å². The largest absolute Gasteiger partial charge is 0.478 e. The van der Waals surface area contributed by atoms with Crippen molar-refractivity contribution in [2.75, 3.05) is 5.75 Å². The molecule has 1 heterocycles. The summed E-state index contributed by atoms with van der Waals surface area (Å²) in [5.74, 6) is 0.0608. The number of benzene rings is 2. The molecule has 0 spiro atoms. The second kappa shape index (κ2) is 8.35. The van der Waals surface area contributed by atoms with Gasteiger partial charge < -0.3 is 9.15 Å². The predicted molar refractivity (Wildman–Crippen MR) is 101 cm³/mol.